The minimum atomic E-state index is -1.32. The lowest BCUT2D eigenvalue weighted by Gasteiger charge is -2.29. The topological polar surface area (TPSA) is 191 Å². The highest BCUT2D eigenvalue weighted by Gasteiger charge is 2.38. The van der Waals surface area contributed by atoms with Gasteiger partial charge in [-0.3, -0.25) is 14.4 Å². The third-order valence-electron chi connectivity index (χ3n) is 5.20. The number of aliphatic hydroxyl groups is 1. The number of nitrogens with zero attached hydrogens (tertiary/aromatic N) is 2. The summed E-state index contributed by atoms with van der Waals surface area (Å²) in [5, 5.41) is 23.9. The van der Waals surface area contributed by atoms with Crippen LogP contribution in [0.25, 0.3) is 0 Å². The van der Waals surface area contributed by atoms with E-state index >= 15 is 0 Å². The molecule has 12 nitrogen and oxygen atoms in total. The molecule has 1 fully saturated rings. The normalized spacial score (nSPS) is 19.0. The average Bonchev–Trinajstić information content (AvgIpc) is 3.40. The number of aliphatic hydroxyl groups excluding tert-OH is 1. The third-order valence-corrected chi connectivity index (χ3v) is 5.20. The van der Waals surface area contributed by atoms with Crippen molar-refractivity contribution in [3.63, 3.8) is 0 Å². The maximum absolute atomic E-state index is 12.8. The van der Waals surface area contributed by atoms with Gasteiger partial charge in [-0.25, -0.2) is 9.78 Å². The summed E-state index contributed by atoms with van der Waals surface area (Å²) in [5.41, 5.74) is 6.58. The first-order valence-electron chi connectivity index (χ1n) is 10.1. The van der Waals surface area contributed by atoms with Crippen LogP contribution in [0, 0.1) is 5.92 Å². The predicted octanol–water partition coefficient (Wildman–Crippen LogP) is -2.03. The van der Waals surface area contributed by atoms with Crippen LogP contribution in [0.3, 0.4) is 0 Å². The minimum absolute atomic E-state index is 0.196. The maximum atomic E-state index is 12.8. The van der Waals surface area contributed by atoms with E-state index < -0.39 is 54.5 Å². The van der Waals surface area contributed by atoms with Crippen LogP contribution in [0.2, 0.25) is 0 Å². The zero-order chi connectivity index (χ0) is 23.1. The molecule has 12 heteroatoms. The second-order valence-corrected chi connectivity index (χ2v) is 7.89. The third kappa shape index (κ3) is 6.25. The van der Waals surface area contributed by atoms with Gasteiger partial charge in [-0.1, -0.05) is 13.8 Å². The molecule has 1 aromatic rings. The number of amides is 3. The summed E-state index contributed by atoms with van der Waals surface area (Å²) >= 11 is 0. The molecule has 0 radical (unpaired) electrons. The van der Waals surface area contributed by atoms with Crippen molar-refractivity contribution in [3.8, 4) is 0 Å². The number of carboxylic acids is 1. The lowest BCUT2D eigenvalue weighted by Crippen LogP contribution is -2.59. The molecule has 2 rings (SSSR count). The molecule has 1 saturated heterocycles. The molecule has 0 spiro atoms. The molecule has 1 aliphatic rings. The fraction of sp³-hybridized carbons (Fsp3) is 0.632. The van der Waals surface area contributed by atoms with Gasteiger partial charge in [-0.15, -0.1) is 0 Å². The van der Waals surface area contributed by atoms with E-state index in [2.05, 4.69) is 20.6 Å². The summed E-state index contributed by atoms with van der Waals surface area (Å²) in [6, 6.07) is -4.23. The second kappa shape index (κ2) is 10.9. The van der Waals surface area contributed by atoms with Crippen LogP contribution in [-0.4, -0.2) is 86.1 Å². The summed E-state index contributed by atoms with van der Waals surface area (Å²) in [4.78, 5) is 57.1. The second-order valence-electron chi connectivity index (χ2n) is 7.89. The largest absolute Gasteiger partial charge is 0.480 e. The van der Waals surface area contributed by atoms with Crippen LogP contribution in [0.1, 0.15) is 32.4 Å². The summed E-state index contributed by atoms with van der Waals surface area (Å²) < 4.78 is 0. The molecule has 172 valence electrons. The highest BCUT2D eigenvalue weighted by molar-refractivity contribution is 5.94. The van der Waals surface area contributed by atoms with Gasteiger partial charge in [0.15, 0.2) is 0 Å². The number of aromatic nitrogens is 2. The number of likely N-dealkylation sites (tertiary alicyclic amines) is 1. The SMILES string of the molecule is CC(C)C(NC(=O)C(N)Cc1cnc[nH]1)C(=O)NC(CO)C(=O)N1CCCC1C(=O)O. The van der Waals surface area contributed by atoms with Gasteiger partial charge in [0.05, 0.1) is 19.0 Å². The van der Waals surface area contributed by atoms with Gasteiger partial charge in [0.1, 0.15) is 18.1 Å². The Labute approximate surface area is 179 Å². The molecular weight excluding hydrogens is 408 g/mol. The monoisotopic (exact) mass is 438 g/mol. The first-order valence-corrected chi connectivity index (χ1v) is 10.1. The van der Waals surface area contributed by atoms with Crippen molar-refractivity contribution in [2.75, 3.05) is 13.2 Å². The number of aromatic amines is 1. The number of aliphatic carboxylic acids is 1. The molecule has 1 aliphatic heterocycles. The van der Waals surface area contributed by atoms with E-state index in [1.165, 1.54) is 6.33 Å². The minimum Gasteiger partial charge on any atom is -0.480 e. The number of imidazole rings is 1. The van der Waals surface area contributed by atoms with Crippen molar-refractivity contribution < 1.29 is 29.4 Å². The molecule has 0 aromatic carbocycles. The number of hydrogen-bond acceptors (Lipinski definition) is 7. The molecular formula is C19H30N6O6. The Kier molecular flexibility index (Phi) is 8.51. The number of carboxylic acid groups (broad SMARTS) is 1. The molecule has 2 heterocycles. The smallest absolute Gasteiger partial charge is 0.326 e. The zero-order valence-electron chi connectivity index (χ0n) is 17.6. The lowest BCUT2D eigenvalue weighted by molar-refractivity contribution is -0.150. The molecule has 0 bridgehead atoms. The highest BCUT2D eigenvalue weighted by Crippen LogP contribution is 2.18. The fourth-order valence-corrected chi connectivity index (χ4v) is 3.46. The Morgan fingerprint density at radius 1 is 1.29 bits per heavy atom. The number of hydrogen-bond donors (Lipinski definition) is 6. The van der Waals surface area contributed by atoms with Crippen molar-refractivity contribution >= 4 is 23.7 Å². The van der Waals surface area contributed by atoms with Gasteiger partial charge in [0, 0.05) is 24.9 Å². The van der Waals surface area contributed by atoms with Crippen molar-refractivity contribution in [1.29, 1.82) is 0 Å². The van der Waals surface area contributed by atoms with Gasteiger partial charge < -0.3 is 36.5 Å². The number of carbonyl (C=O) groups excluding carboxylic acids is 3. The highest BCUT2D eigenvalue weighted by atomic mass is 16.4. The van der Waals surface area contributed by atoms with E-state index in [1.54, 1.807) is 20.0 Å². The van der Waals surface area contributed by atoms with Gasteiger partial charge in [0.2, 0.25) is 17.7 Å². The van der Waals surface area contributed by atoms with Crippen LogP contribution in [0.5, 0.6) is 0 Å². The molecule has 4 atom stereocenters. The summed E-state index contributed by atoms with van der Waals surface area (Å²) in [6.45, 7) is 2.95. The molecule has 3 amide bonds. The quantitative estimate of drug-likeness (QED) is 0.241. The Hall–Kier alpha value is -2.99. The van der Waals surface area contributed by atoms with Crippen molar-refractivity contribution in [3.05, 3.63) is 18.2 Å². The Balaban J connectivity index is 2.01. The molecule has 4 unspecified atom stereocenters. The lowest BCUT2D eigenvalue weighted by atomic mass is 10.0. The Bertz CT molecular complexity index is 783. The average molecular weight is 438 g/mol. The number of nitrogens with two attached hydrogens (primary N) is 1. The van der Waals surface area contributed by atoms with Crippen LogP contribution in [0.4, 0.5) is 0 Å². The van der Waals surface area contributed by atoms with Crippen molar-refractivity contribution in [2.24, 2.45) is 11.7 Å². The first-order chi connectivity index (χ1) is 14.6. The van der Waals surface area contributed by atoms with E-state index in [1.807, 2.05) is 0 Å². The van der Waals surface area contributed by atoms with Gasteiger partial charge in [-0.05, 0) is 18.8 Å². The summed E-state index contributed by atoms with van der Waals surface area (Å²) in [7, 11) is 0. The molecule has 1 aromatic heterocycles. The van der Waals surface area contributed by atoms with Crippen molar-refractivity contribution in [1.82, 2.24) is 25.5 Å². The van der Waals surface area contributed by atoms with Gasteiger partial charge in [-0.2, -0.15) is 0 Å². The molecule has 31 heavy (non-hydrogen) atoms. The van der Waals surface area contributed by atoms with Crippen LogP contribution >= 0.6 is 0 Å². The maximum Gasteiger partial charge on any atom is 0.326 e. The van der Waals surface area contributed by atoms with Crippen LogP contribution in [-0.2, 0) is 25.6 Å². The standard InChI is InChI=1S/C19H30N6O6/c1-10(2)15(24-16(27)12(20)6-11-7-21-9-22-11)17(28)23-13(8-26)18(29)25-5-3-4-14(25)19(30)31/h7,9-10,12-15,26H,3-6,8,20H2,1-2H3,(H,21,22)(H,23,28)(H,24,27)(H,30,31). The molecule has 0 aliphatic carbocycles. The van der Waals surface area contributed by atoms with E-state index in [0.29, 0.717) is 18.5 Å². The van der Waals surface area contributed by atoms with Gasteiger partial charge in [0.25, 0.3) is 0 Å². The van der Waals surface area contributed by atoms with E-state index in [4.69, 9.17) is 5.73 Å². The predicted molar refractivity (Wildman–Crippen MR) is 108 cm³/mol. The number of carbonyl (C=O) groups is 4. The molecule has 7 N–H and O–H groups in total. The molecule has 0 saturated carbocycles. The van der Waals surface area contributed by atoms with Crippen molar-refractivity contribution in [2.45, 2.75) is 57.3 Å². The van der Waals surface area contributed by atoms with E-state index in [0.717, 1.165) is 4.90 Å². The zero-order valence-corrected chi connectivity index (χ0v) is 17.6. The van der Waals surface area contributed by atoms with Gasteiger partial charge >= 0.3 is 5.97 Å². The summed E-state index contributed by atoms with van der Waals surface area (Å²) in [6.07, 6.45) is 4.03. The Morgan fingerprint density at radius 3 is 2.55 bits per heavy atom. The fourth-order valence-electron chi connectivity index (χ4n) is 3.46. The van der Waals surface area contributed by atoms with Crippen LogP contribution in [0.15, 0.2) is 12.5 Å². The first kappa shape index (κ1) is 24.3. The van der Waals surface area contributed by atoms with Crippen LogP contribution < -0.4 is 16.4 Å². The van der Waals surface area contributed by atoms with E-state index in [9.17, 15) is 29.4 Å². The van der Waals surface area contributed by atoms with E-state index in [-0.39, 0.29) is 18.9 Å². The number of nitrogens with one attached hydrogen (secondary N) is 3. The summed E-state index contributed by atoms with van der Waals surface area (Å²) in [5.74, 6) is -3.37. The number of rotatable bonds is 10. The number of H-pyrrole nitrogens is 1. The Morgan fingerprint density at radius 2 is 2.00 bits per heavy atom.